The molecule has 0 spiro atoms. The third kappa shape index (κ3) is 2.61. The SMILES string of the molecule is O=C(O)CC(c1ccc2ccccc2n1)C(F)F. The van der Waals surface area contributed by atoms with Crippen molar-refractivity contribution in [3.8, 4) is 0 Å². The summed E-state index contributed by atoms with van der Waals surface area (Å²) in [4.78, 5) is 14.7. The molecule has 1 heterocycles. The van der Waals surface area contributed by atoms with Gasteiger partial charge in [-0.2, -0.15) is 0 Å². The first-order chi connectivity index (χ1) is 8.58. The molecule has 18 heavy (non-hydrogen) atoms. The molecular weight excluding hydrogens is 240 g/mol. The van der Waals surface area contributed by atoms with Crippen molar-refractivity contribution in [1.82, 2.24) is 4.98 Å². The molecule has 2 rings (SSSR count). The number of rotatable bonds is 4. The zero-order valence-electron chi connectivity index (χ0n) is 9.38. The number of aliphatic carboxylic acids is 1. The summed E-state index contributed by atoms with van der Waals surface area (Å²) in [5.41, 5.74) is 0.706. The number of pyridine rings is 1. The van der Waals surface area contributed by atoms with Gasteiger partial charge in [0.1, 0.15) is 0 Å². The van der Waals surface area contributed by atoms with E-state index in [0.29, 0.717) is 5.52 Å². The molecule has 0 amide bonds. The van der Waals surface area contributed by atoms with Crippen molar-refractivity contribution >= 4 is 16.9 Å². The number of carboxylic acids is 1. The first kappa shape index (κ1) is 12.4. The molecule has 0 saturated carbocycles. The van der Waals surface area contributed by atoms with Crippen LogP contribution in [0.2, 0.25) is 0 Å². The van der Waals surface area contributed by atoms with Gasteiger partial charge in [-0.3, -0.25) is 9.78 Å². The van der Waals surface area contributed by atoms with Crippen LogP contribution in [0.1, 0.15) is 18.0 Å². The van der Waals surface area contributed by atoms with Crippen LogP contribution in [0.15, 0.2) is 36.4 Å². The highest BCUT2D eigenvalue weighted by molar-refractivity contribution is 5.78. The predicted octanol–water partition coefficient (Wildman–Crippen LogP) is 3.06. The maximum atomic E-state index is 12.8. The number of aromatic nitrogens is 1. The third-order valence-electron chi connectivity index (χ3n) is 2.70. The Hall–Kier alpha value is -2.04. The lowest BCUT2D eigenvalue weighted by molar-refractivity contribution is -0.138. The van der Waals surface area contributed by atoms with Gasteiger partial charge in [0, 0.05) is 5.39 Å². The van der Waals surface area contributed by atoms with Crippen LogP contribution in [0, 0.1) is 0 Å². The molecular formula is C13H11F2NO2. The summed E-state index contributed by atoms with van der Waals surface area (Å²) in [6.07, 6.45) is -3.36. The van der Waals surface area contributed by atoms with Crippen molar-refractivity contribution in [1.29, 1.82) is 0 Å². The van der Waals surface area contributed by atoms with Crippen molar-refractivity contribution in [2.75, 3.05) is 0 Å². The van der Waals surface area contributed by atoms with Gasteiger partial charge in [-0.1, -0.05) is 24.3 Å². The molecule has 3 nitrogen and oxygen atoms in total. The van der Waals surface area contributed by atoms with Crippen LogP contribution in [-0.4, -0.2) is 22.5 Å². The lowest BCUT2D eigenvalue weighted by Gasteiger charge is -2.13. The summed E-state index contributed by atoms with van der Waals surface area (Å²) in [6, 6.07) is 10.2. The largest absolute Gasteiger partial charge is 0.481 e. The lowest BCUT2D eigenvalue weighted by atomic mass is 10.0. The van der Waals surface area contributed by atoms with Gasteiger partial charge in [0.25, 0.3) is 0 Å². The molecule has 1 aromatic heterocycles. The average Bonchev–Trinajstić information content (AvgIpc) is 2.35. The molecule has 0 saturated heterocycles. The van der Waals surface area contributed by atoms with Crippen molar-refractivity contribution in [3.63, 3.8) is 0 Å². The predicted molar refractivity (Wildman–Crippen MR) is 62.7 cm³/mol. The number of carboxylic acid groups (broad SMARTS) is 1. The smallest absolute Gasteiger partial charge is 0.304 e. The monoisotopic (exact) mass is 251 g/mol. The van der Waals surface area contributed by atoms with Gasteiger partial charge in [0.2, 0.25) is 6.43 Å². The Kier molecular flexibility index (Phi) is 3.50. The van der Waals surface area contributed by atoms with E-state index in [1.807, 2.05) is 12.1 Å². The fourth-order valence-electron chi connectivity index (χ4n) is 1.80. The lowest BCUT2D eigenvalue weighted by Crippen LogP contribution is -2.15. The van der Waals surface area contributed by atoms with E-state index in [4.69, 9.17) is 5.11 Å². The first-order valence-corrected chi connectivity index (χ1v) is 5.43. The first-order valence-electron chi connectivity index (χ1n) is 5.43. The van der Waals surface area contributed by atoms with E-state index in [0.717, 1.165) is 5.39 Å². The van der Waals surface area contributed by atoms with Crippen molar-refractivity contribution < 1.29 is 18.7 Å². The maximum Gasteiger partial charge on any atom is 0.304 e. The summed E-state index contributed by atoms with van der Waals surface area (Å²) in [6.45, 7) is 0. The van der Waals surface area contributed by atoms with Gasteiger partial charge in [-0.25, -0.2) is 8.78 Å². The van der Waals surface area contributed by atoms with Crippen LogP contribution in [0.25, 0.3) is 10.9 Å². The molecule has 94 valence electrons. The molecule has 0 fully saturated rings. The maximum absolute atomic E-state index is 12.8. The Morgan fingerprint density at radius 1 is 1.22 bits per heavy atom. The molecule has 0 aliphatic carbocycles. The molecule has 5 heteroatoms. The number of hydrogen-bond donors (Lipinski definition) is 1. The second kappa shape index (κ2) is 5.08. The van der Waals surface area contributed by atoms with Gasteiger partial charge in [-0.15, -0.1) is 0 Å². The number of carbonyl (C=O) groups is 1. The normalized spacial score (nSPS) is 12.8. The fraction of sp³-hybridized carbons (Fsp3) is 0.231. The Labute approximate surface area is 102 Å². The summed E-state index contributed by atoms with van der Waals surface area (Å²) >= 11 is 0. The van der Waals surface area contributed by atoms with Gasteiger partial charge < -0.3 is 5.11 Å². The van der Waals surface area contributed by atoms with Crippen molar-refractivity contribution in [3.05, 3.63) is 42.1 Å². The summed E-state index contributed by atoms with van der Waals surface area (Å²) in [5.74, 6) is -2.62. The Morgan fingerprint density at radius 2 is 1.94 bits per heavy atom. The zero-order valence-corrected chi connectivity index (χ0v) is 9.38. The molecule has 0 aliphatic rings. The number of alkyl halides is 2. The zero-order chi connectivity index (χ0) is 13.1. The van der Waals surface area contributed by atoms with Crippen LogP contribution in [0.4, 0.5) is 8.78 Å². The molecule has 1 aromatic carbocycles. The highest BCUT2D eigenvalue weighted by atomic mass is 19.3. The van der Waals surface area contributed by atoms with E-state index in [2.05, 4.69) is 4.98 Å². The van der Waals surface area contributed by atoms with Crippen LogP contribution < -0.4 is 0 Å². The minimum Gasteiger partial charge on any atom is -0.481 e. The molecule has 0 radical (unpaired) electrons. The van der Waals surface area contributed by atoms with Gasteiger partial charge >= 0.3 is 5.97 Å². The number of hydrogen-bond acceptors (Lipinski definition) is 2. The number of fused-ring (bicyclic) bond motifs is 1. The van der Waals surface area contributed by atoms with E-state index in [1.54, 1.807) is 18.2 Å². The molecule has 2 aromatic rings. The van der Waals surface area contributed by atoms with Crippen LogP contribution in [-0.2, 0) is 4.79 Å². The van der Waals surface area contributed by atoms with E-state index < -0.39 is 24.7 Å². The summed E-state index contributed by atoms with van der Waals surface area (Å²) in [7, 11) is 0. The summed E-state index contributed by atoms with van der Waals surface area (Å²) < 4.78 is 25.7. The van der Waals surface area contributed by atoms with Crippen LogP contribution in [0.3, 0.4) is 0 Å². The van der Waals surface area contributed by atoms with Gasteiger partial charge in [0.05, 0.1) is 23.5 Å². The topological polar surface area (TPSA) is 50.2 Å². The molecule has 0 bridgehead atoms. The average molecular weight is 251 g/mol. The highest BCUT2D eigenvalue weighted by Crippen LogP contribution is 2.27. The Balaban J connectivity index is 2.41. The van der Waals surface area contributed by atoms with E-state index >= 15 is 0 Å². The fourth-order valence-corrected chi connectivity index (χ4v) is 1.80. The minimum atomic E-state index is -2.74. The van der Waals surface area contributed by atoms with E-state index in [1.165, 1.54) is 6.07 Å². The van der Waals surface area contributed by atoms with Crippen LogP contribution >= 0.6 is 0 Å². The number of benzene rings is 1. The number of nitrogens with zero attached hydrogens (tertiary/aromatic N) is 1. The molecule has 1 N–H and O–H groups in total. The standard InChI is InChI=1S/C13H11F2NO2/c14-13(15)9(7-12(17)18)11-6-5-8-3-1-2-4-10(8)16-11/h1-6,9,13H,7H2,(H,17,18). The van der Waals surface area contributed by atoms with Gasteiger partial charge in [-0.05, 0) is 12.1 Å². The Morgan fingerprint density at radius 3 is 2.61 bits per heavy atom. The second-order valence-corrected chi connectivity index (χ2v) is 3.97. The Bertz CT molecular complexity index is 572. The molecule has 0 aliphatic heterocycles. The van der Waals surface area contributed by atoms with Crippen molar-refractivity contribution in [2.24, 2.45) is 0 Å². The highest BCUT2D eigenvalue weighted by Gasteiger charge is 2.26. The second-order valence-electron chi connectivity index (χ2n) is 3.97. The van der Waals surface area contributed by atoms with E-state index in [9.17, 15) is 13.6 Å². The quantitative estimate of drug-likeness (QED) is 0.908. The summed E-state index contributed by atoms with van der Waals surface area (Å²) in [5, 5.41) is 9.48. The van der Waals surface area contributed by atoms with Gasteiger partial charge in [0.15, 0.2) is 0 Å². The minimum absolute atomic E-state index is 0.117. The number of halogens is 2. The van der Waals surface area contributed by atoms with Crippen molar-refractivity contribution in [2.45, 2.75) is 18.8 Å². The van der Waals surface area contributed by atoms with Crippen LogP contribution in [0.5, 0.6) is 0 Å². The number of para-hydroxylation sites is 1. The van der Waals surface area contributed by atoms with E-state index in [-0.39, 0.29) is 5.69 Å². The molecule has 1 unspecified atom stereocenters. The third-order valence-corrected chi connectivity index (χ3v) is 2.70. The molecule has 1 atom stereocenters.